The molecule has 1 aromatic heterocycles. The Kier molecular flexibility index (Phi) is 4.87. The number of aromatic nitrogens is 2. The molecule has 1 aliphatic carbocycles. The Balaban J connectivity index is 1.51. The van der Waals surface area contributed by atoms with Crippen molar-refractivity contribution < 1.29 is 9.53 Å². The average Bonchev–Trinajstić information content (AvgIpc) is 3.39. The van der Waals surface area contributed by atoms with Crippen LogP contribution in [-0.4, -0.2) is 59.9 Å². The molecule has 22 heavy (non-hydrogen) atoms. The van der Waals surface area contributed by atoms with E-state index in [4.69, 9.17) is 4.74 Å². The zero-order chi connectivity index (χ0) is 15.4. The highest BCUT2D eigenvalue weighted by Crippen LogP contribution is 2.29. The van der Waals surface area contributed by atoms with Crippen LogP contribution in [0.1, 0.15) is 26.2 Å². The molecule has 0 N–H and O–H groups in total. The van der Waals surface area contributed by atoms with Gasteiger partial charge < -0.3 is 14.5 Å². The van der Waals surface area contributed by atoms with Crippen molar-refractivity contribution in [1.29, 1.82) is 0 Å². The fraction of sp³-hybridized carbons (Fsp3) is 0.688. The van der Waals surface area contributed by atoms with Crippen molar-refractivity contribution in [2.45, 2.75) is 32.3 Å². The molecule has 1 atom stereocenters. The van der Waals surface area contributed by atoms with Gasteiger partial charge in [-0.3, -0.25) is 4.79 Å². The fourth-order valence-electron chi connectivity index (χ4n) is 2.72. The van der Waals surface area contributed by atoms with Crippen LogP contribution >= 0.6 is 0 Å². The lowest BCUT2D eigenvalue weighted by molar-refractivity contribution is -0.142. The van der Waals surface area contributed by atoms with Crippen LogP contribution < -0.4 is 4.90 Å². The maximum Gasteiger partial charge on any atom is 0.251 e. The summed E-state index contributed by atoms with van der Waals surface area (Å²) in [7, 11) is 0. The lowest BCUT2D eigenvalue weighted by Gasteiger charge is -2.25. The maximum atomic E-state index is 12.5. The highest BCUT2D eigenvalue weighted by atomic mass is 16.5. The Morgan fingerprint density at radius 2 is 2.23 bits per heavy atom. The highest BCUT2D eigenvalue weighted by molar-refractivity contribution is 5.80. The van der Waals surface area contributed by atoms with Gasteiger partial charge in [-0.25, -0.2) is 0 Å². The first-order chi connectivity index (χ1) is 10.7. The SMILES string of the molecule is C[C@H](OCC1CC1)C(=O)N1CCCN(c2cccnn2)CC1. The molecule has 0 aromatic carbocycles. The van der Waals surface area contributed by atoms with Crippen LogP contribution in [0.5, 0.6) is 0 Å². The van der Waals surface area contributed by atoms with E-state index in [1.54, 1.807) is 6.20 Å². The molecular weight excluding hydrogens is 280 g/mol. The van der Waals surface area contributed by atoms with Crippen molar-refractivity contribution >= 4 is 11.7 Å². The van der Waals surface area contributed by atoms with Crippen molar-refractivity contribution in [3.05, 3.63) is 18.3 Å². The van der Waals surface area contributed by atoms with Gasteiger partial charge in [-0.2, -0.15) is 5.10 Å². The van der Waals surface area contributed by atoms with Crippen LogP contribution in [0.2, 0.25) is 0 Å². The monoisotopic (exact) mass is 304 g/mol. The molecule has 2 heterocycles. The average molecular weight is 304 g/mol. The molecule has 2 aliphatic rings. The summed E-state index contributed by atoms with van der Waals surface area (Å²) in [6, 6.07) is 3.86. The molecule has 1 saturated heterocycles. The maximum absolute atomic E-state index is 12.5. The Bertz CT molecular complexity index is 492. The van der Waals surface area contributed by atoms with E-state index in [-0.39, 0.29) is 12.0 Å². The van der Waals surface area contributed by atoms with E-state index in [9.17, 15) is 4.79 Å². The Hall–Kier alpha value is -1.69. The van der Waals surface area contributed by atoms with E-state index in [1.807, 2.05) is 24.0 Å². The lowest BCUT2D eigenvalue weighted by Crippen LogP contribution is -2.41. The predicted molar refractivity (Wildman–Crippen MR) is 83.6 cm³/mol. The van der Waals surface area contributed by atoms with Gasteiger partial charge in [-0.05, 0) is 44.2 Å². The standard InChI is InChI=1S/C16H24N4O2/c1-13(22-12-14-5-6-14)16(21)20-9-3-8-19(10-11-20)15-4-2-7-17-18-15/h2,4,7,13-14H,3,5-6,8-12H2,1H3/t13-/m0/s1. The molecule has 2 fully saturated rings. The van der Waals surface area contributed by atoms with Crippen LogP contribution in [0.25, 0.3) is 0 Å². The van der Waals surface area contributed by atoms with E-state index < -0.39 is 0 Å². The van der Waals surface area contributed by atoms with E-state index >= 15 is 0 Å². The van der Waals surface area contributed by atoms with Gasteiger partial charge in [0.25, 0.3) is 5.91 Å². The van der Waals surface area contributed by atoms with E-state index in [2.05, 4.69) is 15.1 Å². The second-order valence-electron chi connectivity index (χ2n) is 6.17. The van der Waals surface area contributed by atoms with Crippen molar-refractivity contribution in [2.75, 3.05) is 37.7 Å². The second-order valence-corrected chi connectivity index (χ2v) is 6.17. The normalized spacial score (nSPS) is 20.6. The molecule has 6 heteroatoms. The van der Waals surface area contributed by atoms with Crippen molar-refractivity contribution in [2.24, 2.45) is 5.92 Å². The van der Waals surface area contributed by atoms with Gasteiger partial charge in [-0.15, -0.1) is 5.10 Å². The van der Waals surface area contributed by atoms with Crippen molar-refractivity contribution in [1.82, 2.24) is 15.1 Å². The zero-order valence-electron chi connectivity index (χ0n) is 13.1. The number of hydrogen-bond acceptors (Lipinski definition) is 5. The highest BCUT2D eigenvalue weighted by Gasteiger charge is 2.27. The molecule has 1 saturated carbocycles. The summed E-state index contributed by atoms with van der Waals surface area (Å²) in [5.74, 6) is 1.68. The molecule has 1 aromatic rings. The third kappa shape index (κ3) is 3.94. The molecule has 0 bridgehead atoms. The minimum atomic E-state index is -0.330. The first-order valence-corrected chi connectivity index (χ1v) is 8.17. The minimum absolute atomic E-state index is 0.113. The number of anilines is 1. The summed E-state index contributed by atoms with van der Waals surface area (Å²) in [5, 5.41) is 8.08. The molecular formula is C16H24N4O2. The van der Waals surface area contributed by atoms with Crippen LogP contribution in [-0.2, 0) is 9.53 Å². The van der Waals surface area contributed by atoms with Crippen LogP contribution in [0.4, 0.5) is 5.82 Å². The van der Waals surface area contributed by atoms with E-state index in [0.29, 0.717) is 12.5 Å². The third-order valence-electron chi connectivity index (χ3n) is 4.32. The summed E-state index contributed by atoms with van der Waals surface area (Å²) in [4.78, 5) is 16.6. The Morgan fingerprint density at radius 3 is 2.95 bits per heavy atom. The smallest absolute Gasteiger partial charge is 0.251 e. The van der Waals surface area contributed by atoms with Gasteiger partial charge in [0, 0.05) is 32.4 Å². The number of carbonyl (C=O) groups is 1. The molecule has 120 valence electrons. The summed E-state index contributed by atoms with van der Waals surface area (Å²) >= 11 is 0. The van der Waals surface area contributed by atoms with Crippen molar-refractivity contribution in [3.8, 4) is 0 Å². The van der Waals surface area contributed by atoms with Gasteiger partial charge in [0.05, 0.1) is 6.61 Å². The second kappa shape index (κ2) is 7.05. The van der Waals surface area contributed by atoms with Gasteiger partial charge in [0.1, 0.15) is 6.10 Å². The number of rotatable bonds is 5. The summed E-state index contributed by atoms with van der Waals surface area (Å²) in [5.41, 5.74) is 0. The molecule has 1 aliphatic heterocycles. The van der Waals surface area contributed by atoms with Gasteiger partial charge in [-0.1, -0.05) is 0 Å². The fourth-order valence-corrected chi connectivity index (χ4v) is 2.72. The van der Waals surface area contributed by atoms with Gasteiger partial charge in [0.15, 0.2) is 5.82 Å². The molecule has 3 rings (SSSR count). The summed E-state index contributed by atoms with van der Waals surface area (Å²) < 4.78 is 5.71. The molecule has 0 radical (unpaired) electrons. The lowest BCUT2D eigenvalue weighted by atomic mass is 10.3. The summed E-state index contributed by atoms with van der Waals surface area (Å²) in [6.07, 6.45) is 4.78. The number of carbonyl (C=O) groups excluding carboxylic acids is 1. The van der Waals surface area contributed by atoms with Crippen molar-refractivity contribution in [3.63, 3.8) is 0 Å². The van der Waals surface area contributed by atoms with Crippen LogP contribution in [0.15, 0.2) is 18.3 Å². The first kappa shape index (κ1) is 15.2. The molecule has 6 nitrogen and oxygen atoms in total. The topological polar surface area (TPSA) is 58.6 Å². The number of hydrogen-bond donors (Lipinski definition) is 0. The summed E-state index contributed by atoms with van der Waals surface area (Å²) in [6.45, 7) is 5.79. The molecule has 0 unspecified atom stereocenters. The van der Waals surface area contributed by atoms with Crippen LogP contribution in [0, 0.1) is 5.92 Å². The van der Waals surface area contributed by atoms with Gasteiger partial charge in [0.2, 0.25) is 0 Å². The first-order valence-electron chi connectivity index (χ1n) is 8.17. The largest absolute Gasteiger partial charge is 0.368 e. The van der Waals surface area contributed by atoms with Gasteiger partial charge >= 0.3 is 0 Å². The third-order valence-corrected chi connectivity index (χ3v) is 4.32. The minimum Gasteiger partial charge on any atom is -0.368 e. The number of amides is 1. The number of ether oxygens (including phenoxy) is 1. The molecule has 0 spiro atoms. The quantitative estimate of drug-likeness (QED) is 0.821. The molecule has 1 amide bonds. The van der Waals surface area contributed by atoms with Crippen LogP contribution in [0.3, 0.4) is 0 Å². The van der Waals surface area contributed by atoms with E-state index in [0.717, 1.165) is 38.5 Å². The Labute approximate surface area is 131 Å². The number of nitrogens with zero attached hydrogens (tertiary/aromatic N) is 4. The Morgan fingerprint density at radius 1 is 1.36 bits per heavy atom. The predicted octanol–water partition coefficient (Wildman–Crippen LogP) is 1.33. The zero-order valence-corrected chi connectivity index (χ0v) is 13.1. The van der Waals surface area contributed by atoms with E-state index in [1.165, 1.54) is 12.8 Å².